The summed E-state index contributed by atoms with van der Waals surface area (Å²) in [5, 5.41) is 4.02. The first-order chi connectivity index (χ1) is 5.52. The zero-order chi connectivity index (χ0) is 9.30. The molecule has 0 spiro atoms. The van der Waals surface area contributed by atoms with E-state index >= 15 is 0 Å². The number of nitrogens with two attached hydrogens (primary N) is 1. The van der Waals surface area contributed by atoms with E-state index in [-0.39, 0.29) is 5.78 Å². The summed E-state index contributed by atoms with van der Waals surface area (Å²) in [7, 11) is 1.80. The third-order valence-electron chi connectivity index (χ3n) is 1.78. The number of ketones is 1. The Morgan fingerprint density at radius 3 is 2.67 bits per heavy atom. The maximum atomic E-state index is 11.3. The molecule has 1 heterocycles. The maximum absolute atomic E-state index is 11.3. The van der Waals surface area contributed by atoms with Crippen LogP contribution in [0.2, 0.25) is 0 Å². The highest BCUT2D eigenvalue weighted by atomic mass is 16.1. The van der Waals surface area contributed by atoms with E-state index in [9.17, 15) is 4.79 Å². The molecule has 0 amide bonds. The molecule has 1 aromatic heterocycles. The monoisotopic (exact) mass is 167 g/mol. The molecule has 0 aliphatic heterocycles. The summed E-state index contributed by atoms with van der Waals surface area (Å²) >= 11 is 0. The van der Waals surface area contributed by atoms with Crippen LogP contribution in [0.25, 0.3) is 0 Å². The topological polar surface area (TPSA) is 60.9 Å². The number of aryl methyl sites for hydroxylation is 2. The van der Waals surface area contributed by atoms with Crippen molar-refractivity contribution in [3.05, 3.63) is 17.5 Å². The quantitative estimate of drug-likeness (QED) is 0.642. The lowest BCUT2D eigenvalue weighted by atomic mass is 10.1. The molecule has 0 radical (unpaired) electrons. The number of hydrogen-bond acceptors (Lipinski definition) is 3. The molecule has 1 atom stereocenters. The lowest BCUT2D eigenvalue weighted by Crippen LogP contribution is -2.27. The van der Waals surface area contributed by atoms with Crippen molar-refractivity contribution in [3.8, 4) is 0 Å². The van der Waals surface area contributed by atoms with Crippen molar-refractivity contribution in [3.63, 3.8) is 0 Å². The van der Waals surface area contributed by atoms with Crippen LogP contribution in [0.15, 0.2) is 6.07 Å². The van der Waals surface area contributed by atoms with Crippen LogP contribution in [0.4, 0.5) is 0 Å². The molecular formula is C8H13N3O. The maximum Gasteiger partial charge on any atom is 0.199 e. The lowest BCUT2D eigenvalue weighted by Gasteiger charge is -1.98. The second-order valence-electron chi connectivity index (χ2n) is 2.95. The van der Waals surface area contributed by atoms with Gasteiger partial charge in [-0.05, 0) is 19.9 Å². The fraction of sp³-hybridized carbons (Fsp3) is 0.500. The Morgan fingerprint density at radius 2 is 2.33 bits per heavy atom. The van der Waals surface area contributed by atoms with Gasteiger partial charge >= 0.3 is 0 Å². The van der Waals surface area contributed by atoms with Crippen molar-refractivity contribution in [2.75, 3.05) is 0 Å². The van der Waals surface area contributed by atoms with E-state index in [1.54, 1.807) is 24.7 Å². The Bertz CT molecular complexity index is 282. The standard InChI is InChI=1S/C8H13N3O/c1-5-4-7(10-11(5)3)8(12)6(2)9/h4,6H,9H2,1-3H3. The Kier molecular flexibility index (Phi) is 2.28. The summed E-state index contributed by atoms with van der Waals surface area (Å²) in [5.41, 5.74) is 6.83. The summed E-state index contributed by atoms with van der Waals surface area (Å²) in [6, 6.07) is 1.27. The molecule has 4 heteroatoms. The number of aromatic nitrogens is 2. The van der Waals surface area contributed by atoms with Gasteiger partial charge in [-0.2, -0.15) is 5.10 Å². The Balaban J connectivity index is 2.97. The average molecular weight is 167 g/mol. The molecule has 0 aliphatic rings. The van der Waals surface area contributed by atoms with Crippen LogP contribution in [-0.2, 0) is 7.05 Å². The molecule has 12 heavy (non-hydrogen) atoms. The zero-order valence-corrected chi connectivity index (χ0v) is 7.53. The molecule has 1 rings (SSSR count). The van der Waals surface area contributed by atoms with Gasteiger partial charge in [0.25, 0.3) is 0 Å². The van der Waals surface area contributed by atoms with Gasteiger partial charge in [0.1, 0.15) is 5.69 Å². The second-order valence-corrected chi connectivity index (χ2v) is 2.95. The minimum Gasteiger partial charge on any atom is -0.321 e. The van der Waals surface area contributed by atoms with Gasteiger partial charge < -0.3 is 5.73 Å². The normalized spacial score (nSPS) is 13.0. The van der Waals surface area contributed by atoms with Gasteiger partial charge in [0, 0.05) is 12.7 Å². The highest BCUT2D eigenvalue weighted by Crippen LogP contribution is 2.03. The van der Waals surface area contributed by atoms with Gasteiger partial charge in [-0.15, -0.1) is 0 Å². The van der Waals surface area contributed by atoms with Crippen molar-refractivity contribution in [2.24, 2.45) is 12.8 Å². The molecule has 0 bridgehead atoms. The Labute approximate surface area is 71.4 Å². The van der Waals surface area contributed by atoms with Crippen molar-refractivity contribution in [1.82, 2.24) is 9.78 Å². The lowest BCUT2D eigenvalue weighted by molar-refractivity contribution is 0.0962. The van der Waals surface area contributed by atoms with Gasteiger partial charge in [-0.25, -0.2) is 0 Å². The van der Waals surface area contributed by atoms with E-state index in [0.29, 0.717) is 5.69 Å². The average Bonchev–Trinajstić information content (AvgIpc) is 2.30. The summed E-state index contributed by atoms with van der Waals surface area (Å²) in [4.78, 5) is 11.3. The minimum atomic E-state index is -0.473. The van der Waals surface area contributed by atoms with E-state index < -0.39 is 6.04 Å². The summed E-state index contributed by atoms with van der Waals surface area (Å²) < 4.78 is 1.66. The zero-order valence-electron chi connectivity index (χ0n) is 7.53. The van der Waals surface area contributed by atoms with Crippen molar-refractivity contribution >= 4 is 5.78 Å². The van der Waals surface area contributed by atoms with Crippen molar-refractivity contribution in [1.29, 1.82) is 0 Å². The van der Waals surface area contributed by atoms with Crippen LogP contribution >= 0.6 is 0 Å². The summed E-state index contributed by atoms with van der Waals surface area (Å²) in [5.74, 6) is -0.112. The van der Waals surface area contributed by atoms with E-state index in [0.717, 1.165) is 5.69 Å². The van der Waals surface area contributed by atoms with E-state index in [1.165, 1.54) is 0 Å². The summed E-state index contributed by atoms with van der Waals surface area (Å²) in [6.07, 6.45) is 0. The molecule has 1 unspecified atom stereocenters. The number of hydrogen-bond donors (Lipinski definition) is 1. The van der Waals surface area contributed by atoms with Gasteiger partial charge in [-0.1, -0.05) is 0 Å². The second kappa shape index (κ2) is 3.06. The number of Topliss-reactive ketones (excluding diaryl/α,β-unsaturated/α-hetero) is 1. The van der Waals surface area contributed by atoms with Crippen molar-refractivity contribution in [2.45, 2.75) is 19.9 Å². The molecule has 0 aromatic carbocycles. The first-order valence-corrected chi connectivity index (χ1v) is 3.83. The van der Waals surface area contributed by atoms with Crippen LogP contribution in [0.1, 0.15) is 23.1 Å². The molecule has 66 valence electrons. The highest BCUT2D eigenvalue weighted by molar-refractivity contribution is 5.98. The van der Waals surface area contributed by atoms with Gasteiger partial charge in [0.2, 0.25) is 0 Å². The predicted molar refractivity (Wildman–Crippen MR) is 45.9 cm³/mol. The molecule has 0 saturated heterocycles. The smallest absolute Gasteiger partial charge is 0.199 e. The number of carbonyl (C=O) groups excluding carboxylic acids is 1. The molecule has 1 aromatic rings. The molecule has 4 nitrogen and oxygen atoms in total. The van der Waals surface area contributed by atoms with Crippen LogP contribution in [0.5, 0.6) is 0 Å². The SMILES string of the molecule is Cc1cc(C(=O)C(C)N)nn1C. The molecule has 2 N–H and O–H groups in total. The summed E-state index contributed by atoms with van der Waals surface area (Å²) in [6.45, 7) is 3.55. The largest absolute Gasteiger partial charge is 0.321 e. The first kappa shape index (κ1) is 8.93. The Morgan fingerprint density at radius 1 is 1.75 bits per heavy atom. The third kappa shape index (κ3) is 1.53. The number of rotatable bonds is 2. The van der Waals surface area contributed by atoms with Crippen LogP contribution < -0.4 is 5.73 Å². The minimum absolute atomic E-state index is 0.112. The van der Waals surface area contributed by atoms with E-state index in [1.807, 2.05) is 6.92 Å². The van der Waals surface area contributed by atoms with Crippen molar-refractivity contribution < 1.29 is 4.79 Å². The van der Waals surface area contributed by atoms with Gasteiger partial charge in [0.05, 0.1) is 6.04 Å². The van der Waals surface area contributed by atoms with E-state index in [4.69, 9.17) is 5.73 Å². The predicted octanol–water partition coefficient (Wildman–Crippen LogP) is 0.258. The molecular weight excluding hydrogens is 154 g/mol. The van der Waals surface area contributed by atoms with Crippen LogP contribution in [-0.4, -0.2) is 21.6 Å². The fourth-order valence-corrected chi connectivity index (χ4v) is 0.914. The molecule has 0 aliphatic carbocycles. The molecule has 0 saturated carbocycles. The van der Waals surface area contributed by atoms with Gasteiger partial charge in [-0.3, -0.25) is 9.48 Å². The fourth-order valence-electron chi connectivity index (χ4n) is 0.914. The van der Waals surface area contributed by atoms with Crippen LogP contribution in [0.3, 0.4) is 0 Å². The molecule has 0 fully saturated rings. The first-order valence-electron chi connectivity index (χ1n) is 3.83. The third-order valence-corrected chi connectivity index (χ3v) is 1.78. The Hall–Kier alpha value is -1.16. The number of nitrogens with zero attached hydrogens (tertiary/aromatic N) is 2. The highest BCUT2D eigenvalue weighted by Gasteiger charge is 2.14. The number of carbonyl (C=O) groups is 1. The van der Waals surface area contributed by atoms with E-state index in [2.05, 4.69) is 5.10 Å². The van der Waals surface area contributed by atoms with Crippen LogP contribution in [0, 0.1) is 6.92 Å². The van der Waals surface area contributed by atoms with Gasteiger partial charge in [0.15, 0.2) is 5.78 Å².